The second-order valence-corrected chi connectivity index (χ2v) is 6.20. The molecule has 0 spiro atoms. The number of benzene rings is 2. The lowest BCUT2D eigenvalue weighted by molar-refractivity contribution is -0.0238. The van der Waals surface area contributed by atoms with E-state index < -0.39 is 0 Å². The molecule has 2 atom stereocenters. The lowest BCUT2D eigenvalue weighted by Crippen LogP contribution is -2.28. The molecule has 0 bridgehead atoms. The summed E-state index contributed by atoms with van der Waals surface area (Å²) in [5, 5.41) is 12.8. The maximum absolute atomic E-state index is 8.93. The number of rotatable bonds is 4. The van der Waals surface area contributed by atoms with Gasteiger partial charge in [0.05, 0.1) is 16.7 Å². The topological polar surface area (TPSA) is 45.0 Å². The van der Waals surface area contributed by atoms with Crippen LogP contribution in [0.3, 0.4) is 0 Å². The van der Waals surface area contributed by atoms with Crippen LogP contribution in [0.2, 0.25) is 5.02 Å². The Morgan fingerprint density at radius 2 is 2.04 bits per heavy atom. The molecule has 0 amide bonds. The summed E-state index contributed by atoms with van der Waals surface area (Å²) >= 11 is 6.09. The van der Waals surface area contributed by atoms with E-state index in [1.54, 1.807) is 12.1 Å². The van der Waals surface area contributed by atoms with Gasteiger partial charge in [0.15, 0.2) is 0 Å². The van der Waals surface area contributed by atoms with E-state index in [1.165, 1.54) is 5.56 Å². The Balaban J connectivity index is 1.68. The normalized spacial score (nSPS) is 20.7. The molecule has 2 aromatic rings. The van der Waals surface area contributed by atoms with Crippen LogP contribution < -0.4 is 5.32 Å². The first kappa shape index (κ1) is 15.9. The third-order valence-corrected chi connectivity index (χ3v) is 4.54. The van der Waals surface area contributed by atoms with Gasteiger partial charge in [-0.15, -0.1) is 0 Å². The molecule has 3 rings (SSSR count). The van der Waals surface area contributed by atoms with Gasteiger partial charge in [-0.05, 0) is 36.6 Å². The first-order chi connectivity index (χ1) is 11.3. The molecule has 4 heteroatoms. The highest BCUT2D eigenvalue weighted by Crippen LogP contribution is 2.34. The standard InChI is InChI=1S/C19H19ClN2O/c20-18-11-17(9-8-15(18)12-21)22-13-16-7-4-10-23-19(16)14-5-2-1-3-6-14/h1-3,5-6,8-9,11,16,19,22H,4,7,10,13H2. The van der Waals surface area contributed by atoms with E-state index in [0.29, 0.717) is 16.5 Å². The van der Waals surface area contributed by atoms with Crippen molar-refractivity contribution >= 4 is 17.3 Å². The second-order valence-electron chi connectivity index (χ2n) is 5.79. The van der Waals surface area contributed by atoms with Gasteiger partial charge in [0, 0.05) is 24.8 Å². The van der Waals surface area contributed by atoms with Gasteiger partial charge in [-0.25, -0.2) is 0 Å². The van der Waals surface area contributed by atoms with E-state index in [-0.39, 0.29) is 6.10 Å². The maximum atomic E-state index is 8.93. The fourth-order valence-corrected chi connectivity index (χ4v) is 3.25. The van der Waals surface area contributed by atoms with E-state index in [1.807, 2.05) is 12.1 Å². The highest BCUT2D eigenvalue weighted by atomic mass is 35.5. The first-order valence-electron chi connectivity index (χ1n) is 7.88. The third kappa shape index (κ3) is 3.85. The Hall–Kier alpha value is -2.02. The predicted octanol–water partition coefficient (Wildman–Crippen LogP) is 4.79. The van der Waals surface area contributed by atoms with Crippen molar-refractivity contribution in [3.05, 3.63) is 64.7 Å². The smallest absolute Gasteiger partial charge is 0.101 e. The Morgan fingerprint density at radius 1 is 1.22 bits per heavy atom. The molecule has 1 aliphatic heterocycles. The van der Waals surface area contributed by atoms with E-state index in [2.05, 4.69) is 35.7 Å². The molecular weight excluding hydrogens is 308 g/mol. The lowest BCUT2D eigenvalue weighted by Gasteiger charge is -2.32. The molecule has 1 N–H and O–H groups in total. The van der Waals surface area contributed by atoms with Gasteiger partial charge >= 0.3 is 0 Å². The number of nitrogens with zero attached hydrogens (tertiary/aromatic N) is 1. The summed E-state index contributed by atoms with van der Waals surface area (Å²) < 4.78 is 6.02. The van der Waals surface area contributed by atoms with Gasteiger partial charge in [0.2, 0.25) is 0 Å². The molecule has 1 heterocycles. The zero-order chi connectivity index (χ0) is 16.1. The van der Waals surface area contributed by atoms with Crippen LogP contribution in [0.4, 0.5) is 5.69 Å². The number of nitriles is 1. The highest BCUT2D eigenvalue weighted by Gasteiger charge is 2.27. The van der Waals surface area contributed by atoms with Crippen molar-refractivity contribution in [2.24, 2.45) is 5.92 Å². The minimum Gasteiger partial charge on any atom is -0.385 e. The van der Waals surface area contributed by atoms with E-state index in [4.69, 9.17) is 21.6 Å². The molecule has 1 saturated heterocycles. The van der Waals surface area contributed by atoms with Crippen LogP contribution >= 0.6 is 11.6 Å². The number of halogens is 1. The summed E-state index contributed by atoms with van der Waals surface area (Å²) in [5.41, 5.74) is 2.67. The molecule has 0 aromatic heterocycles. The molecule has 0 radical (unpaired) electrons. The minimum atomic E-state index is 0.131. The molecule has 1 aliphatic rings. The van der Waals surface area contributed by atoms with Crippen LogP contribution in [0, 0.1) is 17.2 Å². The Bertz CT molecular complexity index is 696. The van der Waals surface area contributed by atoms with Crippen LogP contribution in [0.5, 0.6) is 0 Å². The average molecular weight is 327 g/mol. The molecule has 3 nitrogen and oxygen atoms in total. The Kier molecular flexibility index (Phi) is 5.17. The van der Waals surface area contributed by atoms with Crippen molar-refractivity contribution in [3.8, 4) is 6.07 Å². The number of nitrogens with one attached hydrogen (secondary N) is 1. The van der Waals surface area contributed by atoms with Crippen molar-refractivity contribution in [2.75, 3.05) is 18.5 Å². The molecule has 0 aliphatic carbocycles. The van der Waals surface area contributed by atoms with Crippen LogP contribution in [0.15, 0.2) is 48.5 Å². The van der Waals surface area contributed by atoms with Crippen LogP contribution in [0.1, 0.15) is 30.1 Å². The summed E-state index contributed by atoms with van der Waals surface area (Å²) in [7, 11) is 0. The Morgan fingerprint density at radius 3 is 2.78 bits per heavy atom. The van der Waals surface area contributed by atoms with Gasteiger partial charge < -0.3 is 10.1 Å². The molecule has 118 valence electrons. The lowest BCUT2D eigenvalue weighted by atomic mass is 9.89. The van der Waals surface area contributed by atoms with Crippen molar-refractivity contribution in [3.63, 3.8) is 0 Å². The van der Waals surface area contributed by atoms with Crippen molar-refractivity contribution in [1.29, 1.82) is 5.26 Å². The molecule has 2 unspecified atom stereocenters. The second kappa shape index (κ2) is 7.50. The molecule has 0 saturated carbocycles. The fraction of sp³-hybridized carbons (Fsp3) is 0.316. The fourth-order valence-electron chi connectivity index (χ4n) is 3.03. The van der Waals surface area contributed by atoms with Gasteiger partial charge in [-0.3, -0.25) is 0 Å². The van der Waals surface area contributed by atoms with E-state index >= 15 is 0 Å². The maximum Gasteiger partial charge on any atom is 0.101 e. The monoisotopic (exact) mass is 326 g/mol. The summed E-state index contributed by atoms with van der Waals surface area (Å²) in [6, 6.07) is 17.9. The summed E-state index contributed by atoms with van der Waals surface area (Å²) in [4.78, 5) is 0. The van der Waals surface area contributed by atoms with E-state index in [9.17, 15) is 0 Å². The predicted molar refractivity (Wildman–Crippen MR) is 92.5 cm³/mol. The van der Waals surface area contributed by atoms with Gasteiger partial charge in [-0.2, -0.15) is 5.26 Å². The van der Waals surface area contributed by atoms with Crippen LogP contribution in [-0.4, -0.2) is 13.2 Å². The number of ether oxygens (including phenoxy) is 1. The average Bonchev–Trinajstić information content (AvgIpc) is 2.61. The molecule has 2 aromatic carbocycles. The van der Waals surface area contributed by atoms with Gasteiger partial charge in [0.25, 0.3) is 0 Å². The third-order valence-electron chi connectivity index (χ3n) is 4.23. The van der Waals surface area contributed by atoms with Crippen molar-refractivity contribution in [2.45, 2.75) is 18.9 Å². The van der Waals surface area contributed by atoms with E-state index in [0.717, 1.165) is 31.7 Å². The van der Waals surface area contributed by atoms with Crippen molar-refractivity contribution < 1.29 is 4.74 Å². The zero-order valence-electron chi connectivity index (χ0n) is 12.8. The molecule has 1 fully saturated rings. The summed E-state index contributed by atoms with van der Waals surface area (Å²) in [5.74, 6) is 0.417. The highest BCUT2D eigenvalue weighted by molar-refractivity contribution is 6.32. The van der Waals surface area contributed by atoms with Crippen molar-refractivity contribution in [1.82, 2.24) is 0 Å². The van der Waals surface area contributed by atoms with Gasteiger partial charge in [-0.1, -0.05) is 41.9 Å². The summed E-state index contributed by atoms with van der Waals surface area (Å²) in [6.07, 6.45) is 2.35. The zero-order valence-corrected chi connectivity index (χ0v) is 13.6. The first-order valence-corrected chi connectivity index (χ1v) is 8.26. The largest absolute Gasteiger partial charge is 0.385 e. The van der Waals surface area contributed by atoms with Gasteiger partial charge in [0.1, 0.15) is 6.07 Å². The summed E-state index contributed by atoms with van der Waals surface area (Å²) in [6.45, 7) is 1.64. The quantitative estimate of drug-likeness (QED) is 0.878. The number of anilines is 1. The SMILES string of the molecule is N#Cc1ccc(NCC2CCCOC2c2ccccc2)cc1Cl. The van der Waals surface area contributed by atoms with Crippen LogP contribution in [0.25, 0.3) is 0 Å². The van der Waals surface area contributed by atoms with Crippen LogP contribution in [-0.2, 0) is 4.74 Å². The molecular formula is C19H19ClN2O. The Labute approximate surface area is 141 Å². The number of hydrogen-bond acceptors (Lipinski definition) is 3. The minimum absolute atomic E-state index is 0.131. The number of hydrogen-bond donors (Lipinski definition) is 1. The molecule has 23 heavy (non-hydrogen) atoms.